The lowest BCUT2D eigenvalue weighted by Crippen LogP contribution is -2.14. The van der Waals surface area contributed by atoms with Crippen LogP contribution in [0.5, 0.6) is 0 Å². The first-order valence-corrected chi connectivity index (χ1v) is 6.17. The molecule has 0 aliphatic carbocycles. The number of aromatic nitrogens is 5. The summed E-state index contributed by atoms with van der Waals surface area (Å²) in [5.74, 6) is 1.46. The Balaban J connectivity index is 2.09. The van der Waals surface area contributed by atoms with E-state index in [1.165, 1.54) is 0 Å². The average Bonchev–Trinajstić information content (AvgIpc) is 2.93. The van der Waals surface area contributed by atoms with Gasteiger partial charge in [0.1, 0.15) is 5.82 Å². The zero-order valence-electron chi connectivity index (χ0n) is 10.9. The highest BCUT2D eigenvalue weighted by atomic mass is 16.3. The number of nitrogens with zero attached hydrogens (tertiary/aromatic N) is 5. The number of hydrogen-bond donors (Lipinski definition) is 1. The Hall–Kier alpha value is -2.21. The summed E-state index contributed by atoms with van der Waals surface area (Å²) in [6, 6.07) is 5.89. The van der Waals surface area contributed by atoms with E-state index in [0.29, 0.717) is 12.4 Å². The Morgan fingerprint density at radius 3 is 3.00 bits per heavy atom. The summed E-state index contributed by atoms with van der Waals surface area (Å²) in [7, 11) is 0. The molecule has 0 aliphatic rings. The Morgan fingerprint density at radius 2 is 2.21 bits per heavy atom. The molecule has 0 bridgehead atoms. The van der Waals surface area contributed by atoms with Crippen molar-refractivity contribution in [3.63, 3.8) is 0 Å². The molecule has 19 heavy (non-hydrogen) atoms. The predicted molar refractivity (Wildman–Crippen MR) is 70.6 cm³/mol. The minimum Gasteiger partial charge on any atom is -0.391 e. The van der Waals surface area contributed by atoms with Gasteiger partial charge < -0.3 is 5.11 Å². The first-order valence-electron chi connectivity index (χ1n) is 6.17. The molecule has 6 heteroatoms. The summed E-state index contributed by atoms with van der Waals surface area (Å²) in [6.45, 7) is 4.01. The Kier molecular flexibility index (Phi) is 2.79. The summed E-state index contributed by atoms with van der Waals surface area (Å²) in [5.41, 5.74) is 1.97. The predicted octanol–water partition coefficient (Wildman–Crippen LogP) is 1.28. The van der Waals surface area contributed by atoms with Gasteiger partial charge in [-0.05, 0) is 32.0 Å². The second-order valence-electron chi connectivity index (χ2n) is 4.63. The van der Waals surface area contributed by atoms with Crippen LogP contribution in [0.2, 0.25) is 0 Å². The van der Waals surface area contributed by atoms with E-state index in [1.54, 1.807) is 22.3 Å². The van der Waals surface area contributed by atoms with Gasteiger partial charge in [0.25, 0.3) is 0 Å². The first-order chi connectivity index (χ1) is 9.13. The molecular formula is C13H15N5O. The van der Waals surface area contributed by atoms with Crippen LogP contribution in [0.15, 0.2) is 30.6 Å². The SMILES string of the molecule is Cc1nc(-c2ccn3nccc3c2)n(CC(C)O)n1. The van der Waals surface area contributed by atoms with E-state index in [2.05, 4.69) is 15.2 Å². The van der Waals surface area contributed by atoms with Crippen LogP contribution in [-0.2, 0) is 6.54 Å². The van der Waals surface area contributed by atoms with Crippen molar-refractivity contribution in [1.82, 2.24) is 24.4 Å². The third-order valence-corrected chi connectivity index (χ3v) is 2.87. The van der Waals surface area contributed by atoms with Gasteiger partial charge in [-0.2, -0.15) is 10.2 Å². The van der Waals surface area contributed by atoms with Crippen LogP contribution in [-0.4, -0.2) is 35.6 Å². The van der Waals surface area contributed by atoms with Gasteiger partial charge in [0, 0.05) is 18.0 Å². The van der Waals surface area contributed by atoms with Crippen molar-refractivity contribution in [3.8, 4) is 11.4 Å². The van der Waals surface area contributed by atoms with Crippen molar-refractivity contribution in [3.05, 3.63) is 36.4 Å². The van der Waals surface area contributed by atoms with E-state index in [4.69, 9.17) is 0 Å². The van der Waals surface area contributed by atoms with E-state index in [-0.39, 0.29) is 0 Å². The van der Waals surface area contributed by atoms with Crippen molar-refractivity contribution in [1.29, 1.82) is 0 Å². The molecule has 0 saturated carbocycles. The Labute approximate surface area is 110 Å². The third kappa shape index (κ3) is 2.22. The monoisotopic (exact) mass is 257 g/mol. The van der Waals surface area contributed by atoms with Crippen molar-refractivity contribution in [2.24, 2.45) is 0 Å². The lowest BCUT2D eigenvalue weighted by molar-refractivity contribution is 0.169. The number of aliphatic hydroxyl groups is 1. The number of pyridine rings is 1. The van der Waals surface area contributed by atoms with Crippen LogP contribution in [0.25, 0.3) is 16.9 Å². The van der Waals surface area contributed by atoms with Crippen molar-refractivity contribution >= 4 is 5.52 Å². The molecular weight excluding hydrogens is 242 g/mol. The summed E-state index contributed by atoms with van der Waals surface area (Å²) in [4.78, 5) is 4.44. The maximum absolute atomic E-state index is 9.52. The quantitative estimate of drug-likeness (QED) is 0.767. The largest absolute Gasteiger partial charge is 0.391 e. The second-order valence-corrected chi connectivity index (χ2v) is 4.63. The molecule has 3 rings (SSSR count). The number of hydrogen-bond acceptors (Lipinski definition) is 4. The molecule has 3 aromatic heterocycles. The summed E-state index contributed by atoms with van der Waals surface area (Å²) in [5, 5.41) is 18.0. The maximum atomic E-state index is 9.52. The normalized spacial score (nSPS) is 13.0. The van der Waals surface area contributed by atoms with Crippen molar-refractivity contribution < 1.29 is 5.11 Å². The molecule has 3 heterocycles. The fourth-order valence-electron chi connectivity index (χ4n) is 2.11. The molecule has 0 radical (unpaired) electrons. The number of aliphatic hydroxyl groups excluding tert-OH is 1. The molecule has 1 unspecified atom stereocenters. The van der Waals surface area contributed by atoms with Gasteiger partial charge in [-0.1, -0.05) is 0 Å². The third-order valence-electron chi connectivity index (χ3n) is 2.87. The van der Waals surface area contributed by atoms with Crippen LogP contribution in [0.4, 0.5) is 0 Å². The fourth-order valence-corrected chi connectivity index (χ4v) is 2.11. The van der Waals surface area contributed by atoms with E-state index in [9.17, 15) is 5.11 Å². The number of rotatable bonds is 3. The lowest BCUT2D eigenvalue weighted by Gasteiger charge is -2.08. The van der Waals surface area contributed by atoms with Crippen LogP contribution < -0.4 is 0 Å². The van der Waals surface area contributed by atoms with Gasteiger partial charge in [0.2, 0.25) is 0 Å². The summed E-state index contributed by atoms with van der Waals surface area (Å²) >= 11 is 0. The molecule has 0 aromatic carbocycles. The molecule has 1 N–H and O–H groups in total. The lowest BCUT2D eigenvalue weighted by atomic mass is 10.2. The molecule has 3 aromatic rings. The second kappa shape index (κ2) is 4.47. The van der Waals surface area contributed by atoms with Gasteiger partial charge in [0.15, 0.2) is 5.82 Å². The highest BCUT2D eigenvalue weighted by Crippen LogP contribution is 2.19. The van der Waals surface area contributed by atoms with Crippen LogP contribution in [0, 0.1) is 6.92 Å². The van der Waals surface area contributed by atoms with Crippen LogP contribution >= 0.6 is 0 Å². The van der Waals surface area contributed by atoms with E-state index < -0.39 is 6.10 Å². The van der Waals surface area contributed by atoms with Gasteiger partial charge >= 0.3 is 0 Å². The van der Waals surface area contributed by atoms with Crippen molar-refractivity contribution in [2.75, 3.05) is 0 Å². The topological polar surface area (TPSA) is 68.2 Å². The van der Waals surface area contributed by atoms with Crippen LogP contribution in [0.1, 0.15) is 12.7 Å². The Bertz CT molecular complexity index is 713. The molecule has 0 fully saturated rings. The van der Waals surface area contributed by atoms with E-state index >= 15 is 0 Å². The molecule has 0 saturated heterocycles. The molecule has 6 nitrogen and oxygen atoms in total. The molecule has 0 amide bonds. The molecule has 98 valence electrons. The first kappa shape index (κ1) is 11.9. The minimum atomic E-state index is -0.460. The van der Waals surface area contributed by atoms with Gasteiger partial charge in [-0.15, -0.1) is 0 Å². The smallest absolute Gasteiger partial charge is 0.158 e. The maximum Gasteiger partial charge on any atom is 0.158 e. The highest BCUT2D eigenvalue weighted by Gasteiger charge is 2.12. The van der Waals surface area contributed by atoms with E-state index in [0.717, 1.165) is 16.9 Å². The molecule has 0 spiro atoms. The number of fused-ring (bicyclic) bond motifs is 1. The average molecular weight is 257 g/mol. The summed E-state index contributed by atoms with van der Waals surface area (Å²) in [6.07, 6.45) is 3.19. The zero-order chi connectivity index (χ0) is 13.4. The van der Waals surface area contributed by atoms with E-state index in [1.807, 2.05) is 31.3 Å². The van der Waals surface area contributed by atoms with Gasteiger partial charge in [0.05, 0.1) is 18.2 Å². The minimum absolute atomic E-state index is 0.431. The Morgan fingerprint density at radius 1 is 1.37 bits per heavy atom. The van der Waals surface area contributed by atoms with Crippen molar-refractivity contribution in [2.45, 2.75) is 26.5 Å². The highest BCUT2D eigenvalue weighted by molar-refractivity contribution is 5.63. The zero-order valence-corrected chi connectivity index (χ0v) is 10.9. The molecule has 0 aliphatic heterocycles. The number of aryl methyl sites for hydroxylation is 1. The standard InChI is InChI=1S/C13H15N5O/c1-9(19)8-18-13(15-10(2)16-18)11-4-6-17-12(7-11)3-5-14-17/h3-7,9,19H,8H2,1-2H3. The van der Waals surface area contributed by atoms with Crippen LogP contribution in [0.3, 0.4) is 0 Å². The van der Waals surface area contributed by atoms with Gasteiger partial charge in [-0.25, -0.2) is 14.2 Å². The molecule has 1 atom stereocenters. The van der Waals surface area contributed by atoms with Gasteiger partial charge in [-0.3, -0.25) is 0 Å². The summed E-state index contributed by atoms with van der Waals surface area (Å²) < 4.78 is 3.54. The fraction of sp³-hybridized carbons (Fsp3) is 0.308.